The number of hydrogen-bond acceptors (Lipinski definition) is 7. The minimum absolute atomic E-state index is 0.457. The third-order valence-corrected chi connectivity index (χ3v) is 6.27. The number of hydrogen-bond donors (Lipinski definition) is 3. The molecule has 0 spiro atoms. The molecule has 0 unspecified atom stereocenters. The van der Waals surface area contributed by atoms with E-state index in [1.807, 2.05) is 0 Å². The number of anilines is 2. The molecule has 3 N–H and O–H groups in total. The molecule has 2 aliphatic rings. The van der Waals surface area contributed by atoms with Gasteiger partial charge in [-0.15, -0.1) is 0 Å². The van der Waals surface area contributed by atoms with Gasteiger partial charge in [0.2, 0.25) is 0 Å². The fourth-order valence-electron chi connectivity index (χ4n) is 4.88. The Hall–Kier alpha value is -2.71. The van der Waals surface area contributed by atoms with Gasteiger partial charge in [-0.2, -0.15) is 0 Å². The van der Waals surface area contributed by atoms with E-state index in [1.54, 1.807) is 6.33 Å². The van der Waals surface area contributed by atoms with Gasteiger partial charge in [-0.05, 0) is 50.3 Å². The van der Waals surface area contributed by atoms with Crippen molar-refractivity contribution in [3.8, 4) is 0 Å². The molecule has 164 valence electrons. The van der Waals surface area contributed by atoms with Crippen LogP contribution in [0.15, 0.2) is 30.7 Å². The van der Waals surface area contributed by atoms with Crippen LogP contribution in [0.2, 0.25) is 0 Å². The zero-order valence-corrected chi connectivity index (χ0v) is 18.3. The average Bonchev–Trinajstić information content (AvgIpc) is 3.23. The number of ether oxygens (including phenoxy) is 1. The van der Waals surface area contributed by atoms with Gasteiger partial charge in [-0.1, -0.05) is 6.07 Å². The van der Waals surface area contributed by atoms with Gasteiger partial charge >= 0.3 is 0 Å². The molecule has 31 heavy (non-hydrogen) atoms. The molecular formula is C23H31N7O. The van der Waals surface area contributed by atoms with Crippen molar-refractivity contribution >= 4 is 22.7 Å². The first-order chi connectivity index (χ1) is 15.2. The molecule has 0 aliphatic carbocycles. The Labute approximate surface area is 182 Å². The lowest BCUT2D eigenvalue weighted by molar-refractivity contribution is 0.0856. The lowest BCUT2D eigenvalue weighted by Crippen LogP contribution is -2.54. The van der Waals surface area contributed by atoms with Crippen LogP contribution in [0.1, 0.15) is 43.9 Å². The van der Waals surface area contributed by atoms with Gasteiger partial charge in [-0.25, -0.2) is 15.0 Å². The highest BCUT2D eigenvalue weighted by Gasteiger charge is 2.23. The third-order valence-electron chi connectivity index (χ3n) is 6.27. The van der Waals surface area contributed by atoms with E-state index in [2.05, 4.69) is 68.7 Å². The summed E-state index contributed by atoms with van der Waals surface area (Å²) >= 11 is 0. The Balaban J connectivity index is 1.35. The molecule has 0 aromatic carbocycles. The first-order valence-corrected chi connectivity index (χ1v) is 11.3. The second kappa shape index (κ2) is 8.80. The van der Waals surface area contributed by atoms with Crippen LogP contribution in [0.5, 0.6) is 0 Å². The van der Waals surface area contributed by atoms with E-state index in [0.29, 0.717) is 24.5 Å². The van der Waals surface area contributed by atoms with E-state index < -0.39 is 0 Å². The second-order valence-corrected chi connectivity index (χ2v) is 8.79. The van der Waals surface area contributed by atoms with Gasteiger partial charge in [0.1, 0.15) is 23.6 Å². The number of nitrogens with one attached hydrogen (secondary N) is 3. The van der Waals surface area contributed by atoms with Crippen LogP contribution >= 0.6 is 0 Å². The standard InChI is InChI=1S/C23H31N7O/c1-15-12-30(13-16(2)28-15)20-5-3-4-18(29-20)10-24-22-21-19(17-6-8-31-9-7-17)11-25-23(21)27-14-26-22/h3-5,11,14-17,28H,6-10,12-13H2,1-2H3,(H2,24,25,26,27)/t15-,16-/m1/s1. The molecule has 2 fully saturated rings. The smallest absolute Gasteiger partial charge is 0.143 e. The summed E-state index contributed by atoms with van der Waals surface area (Å²) in [6.45, 7) is 8.64. The summed E-state index contributed by atoms with van der Waals surface area (Å²) in [4.78, 5) is 19.6. The van der Waals surface area contributed by atoms with Crippen molar-refractivity contribution in [1.82, 2.24) is 25.3 Å². The Bertz CT molecular complexity index is 1020. The number of pyridine rings is 1. The van der Waals surface area contributed by atoms with Crippen LogP contribution in [0.3, 0.4) is 0 Å². The summed E-state index contributed by atoms with van der Waals surface area (Å²) in [6.07, 6.45) is 5.77. The van der Waals surface area contributed by atoms with Crippen molar-refractivity contribution in [1.29, 1.82) is 0 Å². The molecular weight excluding hydrogens is 390 g/mol. The summed E-state index contributed by atoms with van der Waals surface area (Å²) in [5.74, 6) is 2.38. The monoisotopic (exact) mass is 421 g/mol. The first-order valence-electron chi connectivity index (χ1n) is 11.3. The summed E-state index contributed by atoms with van der Waals surface area (Å²) in [5, 5.41) is 8.19. The van der Waals surface area contributed by atoms with Gasteiger partial charge in [0.05, 0.1) is 17.6 Å². The molecule has 2 atom stereocenters. The summed E-state index contributed by atoms with van der Waals surface area (Å²) < 4.78 is 5.55. The maximum Gasteiger partial charge on any atom is 0.143 e. The molecule has 0 amide bonds. The highest BCUT2D eigenvalue weighted by molar-refractivity contribution is 5.90. The number of aromatic amines is 1. The SMILES string of the molecule is C[C@@H]1CN(c2cccc(CNc3ncnc4[nH]cc(C5CCOCC5)c34)n2)C[C@@H](C)N1. The number of piperazine rings is 1. The Kier molecular flexibility index (Phi) is 5.74. The minimum Gasteiger partial charge on any atom is -0.381 e. The molecule has 8 heteroatoms. The molecule has 5 rings (SSSR count). The van der Waals surface area contributed by atoms with Crippen LogP contribution in [0.4, 0.5) is 11.6 Å². The van der Waals surface area contributed by atoms with Crippen molar-refractivity contribution in [2.45, 2.75) is 51.2 Å². The zero-order chi connectivity index (χ0) is 21.2. The molecule has 5 heterocycles. The van der Waals surface area contributed by atoms with Crippen molar-refractivity contribution in [3.63, 3.8) is 0 Å². The molecule has 2 aliphatic heterocycles. The van der Waals surface area contributed by atoms with E-state index in [-0.39, 0.29) is 0 Å². The molecule has 0 radical (unpaired) electrons. The molecule has 3 aromatic heterocycles. The maximum absolute atomic E-state index is 5.55. The van der Waals surface area contributed by atoms with Crippen molar-refractivity contribution in [2.75, 3.05) is 36.5 Å². The van der Waals surface area contributed by atoms with Crippen LogP contribution in [-0.2, 0) is 11.3 Å². The maximum atomic E-state index is 5.55. The highest BCUT2D eigenvalue weighted by atomic mass is 16.5. The van der Waals surface area contributed by atoms with Gasteiger partial charge < -0.3 is 25.3 Å². The fourth-order valence-corrected chi connectivity index (χ4v) is 4.88. The van der Waals surface area contributed by atoms with E-state index >= 15 is 0 Å². The van der Waals surface area contributed by atoms with Gasteiger partial charge in [0.15, 0.2) is 0 Å². The third kappa shape index (κ3) is 4.36. The quantitative estimate of drug-likeness (QED) is 0.583. The summed E-state index contributed by atoms with van der Waals surface area (Å²) in [6, 6.07) is 7.18. The molecule has 0 saturated carbocycles. The van der Waals surface area contributed by atoms with E-state index in [9.17, 15) is 0 Å². The van der Waals surface area contributed by atoms with Crippen molar-refractivity contribution < 1.29 is 4.74 Å². The molecule has 0 bridgehead atoms. The first kappa shape index (κ1) is 20.2. The number of fused-ring (bicyclic) bond motifs is 1. The van der Waals surface area contributed by atoms with Crippen LogP contribution in [-0.4, -0.2) is 58.3 Å². The average molecular weight is 422 g/mol. The van der Waals surface area contributed by atoms with E-state index in [0.717, 1.165) is 67.5 Å². The zero-order valence-electron chi connectivity index (χ0n) is 18.3. The van der Waals surface area contributed by atoms with Gasteiger partial charge in [0, 0.05) is 44.6 Å². The largest absolute Gasteiger partial charge is 0.381 e. The number of rotatable bonds is 5. The lowest BCUT2D eigenvalue weighted by atomic mass is 9.92. The summed E-state index contributed by atoms with van der Waals surface area (Å²) in [5.41, 5.74) is 3.17. The van der Waals surface area contributed by atoms with E-state index in [4.69, 9.17) is 9.72 Å². The minimum atomic E-state index is 0.457. The lowest BCUT2D eigenvalue weighted by Gasteiger charge is -2.37. The Morgan fingerprint density at radius 3 is 2.74 bits per heavy atom. The Morgan fingerprint density at radius 1 is 1.13 bits per heavy atom. The topological polar surface area (TPSA) is 91.0 Å². The number of aromatic nitrogens is 4. The molecule has 3 aromatic rings. The molecule has 8 nitrogen and oxygen atoms in total. The second-order valence-electron chi connectivity index (χ2n) is 8.79. The number of nitrogens with zero attached hydrogens (tertiary/aromatic N) is 4. The highest BCUT2D eigenvalue weighted by Crippen LogP contribution is 2.34. The molecule has 2 saturated heterocycles. The Morgan fingerprint density at radius 2 is 1.94 bits per heavy atom. The van der Waals surface area contributed by atoms with E-state index in [1.165, 1.54) is 5.56 Å². The predicted molar refractivity (Wildman–Crippen MR) is 123 cm³/mol. The van der Waals surface area contributed by atoms with Gasteiger partial charge in [0.25, 0.3) is 0 Å². The fraction of sp³-hybridized carbons (Fsp3) is 0.522. The van der Waals surface area contributed by atoms with Crippen LogP contribution < -0.4 is 15.5 Å². The van der Waals surface area contributed by atoms with Crippen LogP contribution in [0, 0.1) is 0 Å². The predicted octanol–water partition coefficient (Wildman–Crippen LogP) is 3.05. The normalized spacial score (nSPS) is 22.7. The van der Waals surface area contributed by atoms with Crippen LogP contribution in [0.25, 0.3) is 11.0 Å². The number of H-pyrrole nitrogens is 1. The van der Waals surface area contributed by atoms with Crippen molar-refractivity contribution in [3.05, 3.63) is 42.0 Å². The summed E-state index contributed by atoms with van der Waals surface area (Å²) in [7, 11) is 0. The van der Waals surface area contributed by atoms with Crippen molar-refractivity contribution in [2.24, 2.45) is 0 Å². The van der Waals surface area contributed by atoms with Gasteiger partial charge in [-0.3, -0.25) is 0 Å².